The first-order valence-electron chi connectivity index (χ1n) is 5.75. The van der Waals surface area contributed by atoms with Crippen LogP contribution in [0.5, 0.6) is 0 Å². The topological polar surface area (TPSA) is 20.2 Å². The average molecular weight is 196 g/mol. The Kier molecular flexibility index (Phi) is 8.65. The number of rotatable bonds is 7. The third kappa shape index (κ3) is 5.98. The van der Waals surface area contributed by atoms with Gasteiger partial charge in [-0.15, -0.1) is 0 Å². The van der Waals surface area contributed by atoms with Gasteiger partial charge in [-0.25, -0.2) is 0 Å². The summed E-state index contributed by atoms with van der Waals surface area (Å²) in [5.41, 5.74) is 2.92. The van der Waals surface area contributed by atoms with Crippen molar-refractivity contribution in [1.29, 1.82) is 0 Å². The van der Waals surface area contributed by atoms with Gasteiger partial charge in [0.05, 0.1) is 6.61 Å². The second kappa shape index (κ2) is 9.01. The Hall–Kier alpha value is -0.560. The molecule has 0 aliphatic rings. The molecule has 0 rings (SSSR count). The lowest BCUT2D eigenvalue weighted by Gasteiger charge is -2.03. The molecular formula is C13H24O. The molecule has 1 N–H and O–H groups in total. The third-order valence-corrected chi connectivity index (χ3v) is 2.64. The van der Waals surface area contributed by atoms with E-state index in [9.17, 15) is 0 Å². The highest BCUT2D eigenvalue weighted by Gasteiger charge is 1.94. The summed E-state index contributed by atoms with van der Waals surface area (Å²) >= 11 is 0. The number of aliphatic hydroxyl groups excluding tert-OH is 1. The fourth-order valence-electron chi connectivity index (χ4n) is 1.55. The molecule has 0 radical (unpaired) electrons. The van der Waals surface area contributed by atoms with Crippen molar-refractivity contribution in [2.45, 2.75) is 52.9 Å². The molecule has 0 spiro atoms. The molecule has 0 heterocycles. The van der Waals surface area contributed by atoms with Crippen molar-refractivity contribution in [3.63, 3.8) is 0 Å². The predicted octanol–water partition coefficient (Wildman–Crippen LogP) is 3.84. The van der Waals surface area contributed by atoms with Gasteiger partial charge in [0.2, 0.25) is 0 Å². The molecule has 0 aliphatic heterocycles. The van der Waals surface area contributed by atoms with E-state index in [1.807, 2.05) is 6.08 Å². The minimum absolute atomic E-state index is 0.182. The van der Waals surface area contributed by atoms with E-state index in [1.165, 1.54) is 18.4 Å². The van der Waals surface area contributed by atoms with Gasteiger partial charge in [-0.3, -0.25) is 0 Å². The molecule has 0 saturated carbocycles. The van der Waals surface area contributed by atoms with Crippen LogP contribution in [-0.2, 0) is 0 Å². The maximum absolute atomic E-state index is 8.78. The second-order valence-electron chi connectivity index (χ2n) is 3.51. The fourth-order valence-corrected chi connectivity index (χ4v) is 1.55. The summed E-state index contributed by atoms with van der Waals surface area (Å²) in [4.78, 5) is 0. The Morgan fingerprint density at radius 1 is 0.929 bits per heavy atom. The quantitative estimate of drug-likeness (QED) is 0.613. The lowest BCUT2D eigenvalue weighted by atomic mass is 10.0. The van der Waals surface area contributed by atoms with Crippen molar-refractivity contribution < 1.29 is 5.11 Å². The van der Waals surface area contributed by atoms with Crippen molar-refractivity contribution in [1.82, 2.24) is 0 Å². The van der Waals surface area contributed by atoms with Crippen LogP contribution in [0.25, 0.3) is 0 Å². The third-order valence-electron chi connectivity index (χ3n) is 2.64. The maximum Gasteiger partial charge on any atom is 0.0615 e. The molecule has 0 amide bonds. The second-order valence-corrected chi connectivity index (χ2v) is 3.51. The van der Waals surface area contributed by atoms with Crippen LogP contribution in [0.3, 0.4) is 0 Å². The molecule has 0 aromatic rings. The molecule has 0 saturated heterocycles. The highest BCUT2D eigenvalue weighted by atomic mass is 16.2. The van der Waals surface area contributed by atoms with Crippen LogP contribution >= 0.6 is 0 Å². The molecule has 0 atom stereocenters. The van der Waals surface area contributed by atoms with E-state index in [-0.39, 0.29) is 6.61 Å². The fraction of sp³-hybridized carbons (Fsp3) is 0.692. The van der Waals surface area contributed by atoms with Gasteiger partial charge in [-0.2, -0.15) is 0 Å². The van der Waals surface area contributed by atoms with Crippen LogP contribution in [0, 0.1) is 0 Å². The zero-order chi connectivity index (χ0) is 10.8. The smallest absolute Gasteiger partial charge is 0.0615 e. The van der Waals surface area contributed by atoms with Crippen LogP contribution in [0.15, 0.2) is 23.3 Å². The highest BCUT2D eigenvalue weighted by Crippen LogP contribution is 2.13. The Morgan fingerprint density at radius 3 is 1.93 bits per heavy atom. The van der Waals surface area contributed by atoms with Crippen molar-refractivity contribution in [3.05, 3.63) is 23.3 Å². The molecule has 0 aromatic heterocycles. The Morgan fingerprint density at radius 2 is 1.50 bits per heavy atom. The summed E-state index contributed by atoms with van der Waals surface area (Å²) in [5, 5.41) is 8.78. The van der Waals surface area contributed by atoms with E-state index < -0.39 is 0 Å². The normalized spacial score (nSPS) is 11.6. The van der Waals surface area contributed by atoms with Gasteiger partial charge < -0.3 is 5.11 Å². The van der Waals surface area contributed by atoms with Crippen molar-refractivity contribution >= 4 is 0 Å². The first kappa shape index (κ1) is 13.4. The van der Waals surface area contributed by atoms with Crippen LogP contribution < -0.4 is 0 Å². The lowest BCUT2D eigenvalue weighted by molar-refractivity contribution is 0.341. The standard InChI is InChI=1S/C13H24O/c1-4-12(5-2)8-7-9-13(6-3)10-11-14/h8,10,14H,4-7,9,11H2,1-3H3. The number of hydrogen-bond donors (Lipinski definition) is 1. The minimum Gasteiger partial charge on any atom is -0.392 e. The number of hydrogen-bond acceptors (Lipinski definition) is 1. The Balaban J connectivity index is 3.91. The molecule has 1 nitrogen and oxygen atoms in total. The zero-order valence-electron chi connectivity index (χ0n) is 9.84. The van der Waals surface area contributed by atoms with Gasteiger partial charge in [-0.05, 0) is 32.1 Å². The van der Waals surface area contributed by atoms with Crippen LogP contribution in [0.1, 0.15) is 52.9 Å². The van der Waals surface area contributed by atoms with Gasteiger partial charge in [0.25, 0.3) is 0 Å². The zero-order valence-corrected chi connectivity index (χ0v) is 9.84. The molecule has 82 valence electrons. The monoisotopic (exact) mass is 196 g/mol. The van der Waals surface area contributed by atoms with E-state index in [4.69, 9.17) is 5.11 Å². The van der Waals surface area contributed by atoms with Crippen LogP contribution in [0.4, 0.5) is 0 Å². The Labute approximate surface area is 88.5 Å². The maximum atomic E-state index is 8.78. The minimum atomic E-state index is 0.182. The molecular weight excluding hydrogens is 172 g/mol. The van der Waals surface area contributed by atoms with Gasteiger partial charge in [0.1, 0.15) is 0 Å². The summed E-state index contributed by atoms with van der Waals surface area (Å²) in [6, 6.07) is 0. The molecule has 0 aromatic carbocycles. The molecule has 0 bridgehead atoms. The summed E-state index contributed by atoms with van der Waals surface area (Å²) in [5.74, 6) is 0. The van der Waals surface area contributed by atoms with Gasteiger partial charge in [0.15, 0.2) is 0 Å². The molecule has 0 fully saturated rings. The molecule has 14 heavy (non-hydrogen) atoms. The first-order chi connectivity index (χ1) is 6.78. The summed E-state index contributed by atoms with van der Waals surface area (Å²) < 4.78 is 0. The van der Waals surface area contributed by atoms with Gasteiger partial charge in [-0.1, -0.05) is 44.1 Å². The van der Waals surface area contributed by atoms with Crippen molar-refractivity contribution in [2.75, 3.05) is 6.61 Å². The number of allylic oxidation sites excluding steroid dienone is 3. The summed E-state index contributed by atoms with van der Waals surface area (Å²) in [7, 11) is 0. The molecule has 1 heteroatoms. The molecule has 0 aliphatic carbocycles. The average Bonchev–Trinajstić information content (AvgIpc) is 2.23. The first-order valence-corrected chi connectivity index (χ1v) is 5.75. The van der Waals surface area contributed by atoms with E-state index in [1.54, 1.807) is 5.57 Å². The van der Waals surface area contributed by atoms with Gasteiger partial charge in [0, 0.05) is 0 Å². The Bertz CT molecular complexity index is 183. The van der Waals surface area contributed by atoms with Gasteiger partial charge >= 0.3 is 0 Å². The van der Waals surface area contributed by atoms with E-state index in [2.05, 4.69) is 26.8 Å². The van der Waals surface area contributed by atoms with Crippen molar-refractivity contribution in [2.24, 2.45) is 0 Å². The summed E-state index contributed by atoms with van der Waals surface area (Å²) in [6.07, 6.45) is 9.90. The number of aliphatic hydroxyl groups is 1. The van der Waals surface area contributed by atoms with Crippen LogP contribution in [-0.4, -0.2) is 11.7 Å². The van der Waals surface area contributed by atoms with Crippen molar-refractivity contribution in [3.8, 4) is 0 Å². The highest BCUT2D eigenvalue weighted by molar-refractivity contribution is 5.06. The summed E-state index contributed by atoms with van der Waals surface area (Å²) in [6.45, 7) is 6.74. The largest absolute Gasteiger partial charge is 0.392 e. The molecule has 0 unspecified atom stereocenters. The SMILES string of the molecule is CCC(=CCCC(=CCO)CC)CC. The van der Waals surface area contributed by atoms with E-state index >= 15 is 0 Å². The van der Waals surface area contributed by atoms with E-state index in [0.29, 0.717) is 0 Å². The predicted molar refractivity (Wildman–Crippen MR) is 63.4 cm³/mol. The van der Waals surface area contributed by atoms with E-state index in [0.717, 1.165) is 19.3 Å². The van der Waals surface area contributed by atoms with Crippen LogP contribution in [0.2, 0.25) is 0 Å². The lowest BCUT2D eigenvalue weighted by Crippen LogP contribution is -1.85.